The van der Waals surface area contributed by atoms with Gasteiger partial charge in [-0.2, -0.15) is 0 Å². The Morgan fingerprint density at radius 1 is 0.531 bits per heavy atom. The van der Waals surface area contributed by atoms with Gasteiger partial charge in [0.05, 0.1) is 11.4 Å². The molecule has 0 saturated carbocycles. The molecule has 4 aromatic carbocycles. The molecule has 4 nitrogen and oxygen atoms in total. The van der Waals surface area contributed by atoms with Crippen LogP contribution in [0.5, 0.6) is 11.5 Å². The maximum Gasteiger partial charge on any atom is 0.116 e. The minimum atomic E-state index is 0.218. The van der Waals surface area contributed by atoms with E-state index in [1.807, 2.05) is 60.7 Å². The lowest BCUT2D eigenvalue weighted by Crippen LogP contribution is -1.81. The van der Waals surface area contributed by atoms with Gasteiger partial charge in [0.1, 0.15) is 11.5 Å². The Bertz CT molecular complexity index is 1170. The smallest absolute Gasteiger partial charge is 0.116 e. The molecule has 0 atom stereocenters. The fourth-order valence-electron chi connectivity index (χ4n) is 2.86. The maximum absolute atomic E-state index is 9.64. The van der Waals surface area contributed by atoms with Gasteiger partial charge in [0.25, 0.3) is 0 Å². The molecule has 0 saturated heterocycles. The van der Waals surface area contributed by atoms with Crippen LogP contribution in [0.25, 0.3) is 0 Å². The number of phenols is 2. The molecule has 0 amide bonds. The summed E-state index contributed by atoms with van der Waals surface area (Å²) in [6, 6.07) is 29.9. The van der Waals surface area contributed by atoms with E-state index in [0.29, 0.717) is 0 Å². The van der Waals surface area contributed by atoms with E-state index in [1.54, 1.807) is 70.4 Å². The minimum Gasteiger partial charge on any atom is -0.508 e. The van der Waals surface area contributed by atoms with Crippen LogP contribution in [0.3, 0.4) is 0 Å². The van der Waals surface area contributed by atoms with Gasteiger partial charge in [0, 0.05) is 22.2 Å². The van der Waals surface area contributed by atoms with Crippen LogP contribution in [0.1, 0.15) is 11.1 Å². The summed E-state index contributed by atoms with van der Waals surface area (Å²) in [5, 5.41) is 19.3. The first-order valence-corrected chi connectivity index (χ1v) is 12.0. The van der Waals surface area contributed by atoms with Crippen molar-refractivity contribution >= 4 is 45.4 Å². The second-order valence-corrected chi connectivity index (χ2v) is 9.02. The second kappa shape index (κ2) is 10.7. The molecule has 2 N–H and O–H groups in total. The highest BCUT2D eigenvalue weighted by atomic mass is 33.1. The number of benzene rings is 4. The van der Waals surface area contributed by atoms with E-state index in [-0.39, 0.29) is 11.5 Å². The molecule has 0 spiro atoms. The molecule has 0 aliphatic carbocycles. The lowest BCUT2D eigenvalue weighted by atomic mass is 10.2. The molecule has 4 rings (SSSR count). The van der Waals surface area contributed by atoms with Crippen molar-refractivity contribution in [2.45, 2.75) is 9.79 Å². The van der Waals surface area contributed by atoms with Crippen molar-refractivity contribution in [2.24, 2.45) is 9.98 Å². The third-order valence-electron chi connectivity index (χ3n) is 4.40. The van der Waals surface area contributed by atoms with E-state index in [0.717, 1.165) is 32.3 Å². The Balaban J connectivity index is 1.50. The van der Waals surface area contributed by atoms with Crippen molar-refractivity contribution in [3.63, 3.8) is 0 Å². The summed E-state index contributed by atoms with van der Waals surface area (Å²) in [4.78, 5) is 11.3. The number of rotatable bonds is 7. The van der Waals surface area contributed by atoms with E-state index >= 15 is 0 Å². The summed E-state index contributed by atoms with van der Waals surface area (Å²) < 4.78 is 0. The van der Waals surface area contributed by atoms with Gasteiger partial charge in [0.2, 0.25) is 0 Å². The summed E-state index contributed by atoms with van der Waals surface area (Å²) in [5.74, 6) is 0.435. The first-order valence-electron chi connectivity index (χ1n) is 9.86. The molecule has 158 valence electrons. The lowest BCUT2D eigenvalue weighted by molar-refractivity contribution is 0.474. The van der Waals surface area contributed by atoms with Crippen LogP contribution < -0.4 is 0 Å². The van der Waals surface area contributed by atoms with E-state index < -0.39 is 0 Å². The highest BCUT2D eigenvalue weighted by Crippen LogP contribution is 2.44. The number of aromatic hydroxyl groups is 2. The Morgan fingerprint density at radius 2 is 0.969 bits per heavy atom. The Hall–Kier alpha value is -3.48. The molecule has 0 radical (unpaired) electrons. The topological polar surface area (TPSA) is 65.2 Å². The minimum absolute atomic E-state index is 0.218. The molecule has 0 unspecified atom stereocenters. The predicted octanol–water partition coefficient (Wildman–Crippen LogP) is 7.40. The number of nitrogens with zero attached hydrogens (tertiary/aromatic N) is 2. The van der Waals surface area contributed by atoms with Crippen LogP contribution in [0, 0.1) is 0 Å². The van der Waals surface area contributed by atoms with E-state index in [4.69, 9.17) is 0 Å². The number of aliphatic imine (C=N–C) groups is 2. The zero-order valence-electron chi connectivity index (χ0n) is 17.0. The van der Waals surface area contributed by atoms with Crippen LogP contribution in [0.15, 0.2) is 117 Å². The highest BCUT2D eigenvalue weighted by Gasteiger charge is 2.06. The van der Waals surface area contributed by atoms with Gasteiger partial charge in [-0.1, -0.05) is 70.1 Å². The van der Waals surface area contributed by atoms with Crippen molar-refractivity contribution in [1.29, 1.82) is 0 Å². The van der Waals surface area contributed by atoms with Crippen molar-refractivity contribution in [1.82, 2.24) is 0 Å². The Morgan fingerprint density at radius 3 is 1.41 bits per heavy atom. The highest BCUT2D eigenvalue weighted by molar-refractivity contribution is 8.76. The molecule has 6 heteroatoms. The van der Waals surface area contributed by atoms with E-state index in [9.17, 15) is 10.2 Å². The zero-order chi connectivity index (χ0) is 22.2. The molecule has 0 aromatic heterocycles. The fourth-order valence-corrected chi connectivity index (χ4v) is 5.10. The van der Waals surface area contributed by atoms with Crippen molar-refractivity contribution in [3.8, 4) is 11.5 Å². The molecule has 4 aromatic rings. The monoisotopic (exact) mass is 456 g/mol. The largest absolute Gasteiger partial charge is 0.508 e. The first kappa shape index (κ1) is 21.7. The summed E-state index contributed by atoms with van der Waals surface area (Å²) in [6.07, 6.45) is 3.49. The number of para-hydroxylation sites is 2. The fraction of sp³-hybridized carbons (Fsp3) is 0. The van der Waals surface area contributed by atoms with Crippen LogP contribution in [0.4, 0.5) is 11.4 Å². The van der Waals surface area contributed by atoms with Gasteiger partial charge in [-0.15, -0.1) is 0 Å². The molecule has 0 aliphatic heterocycles. The van der Waals surface area contributed by atoms with Crippen LogP contribution >= 0.6 is 21.6 Å². The van der Waals surface area contributed by atoms with Gasteiger partial charge >= 0.3 is 0 Å². The number of hydrogen-bond donors (Lipinski definition) is 2. The maximum atomic E-state index is 9.64. The molecular weight excluding hydrogens is 436 g/mol. The third-order valence-corrected chi connectivity index (χ3v) is 6.86. The Labute approximate surface area is 194 Å². The van der Waals surface area contributed by atoms with Crippen molar-refractivity contribution in [2.75, 3.05) is 0 Å². The molecule has 0 heterocycles. The van der Waals surface area contributed by atoms with Crippen molar-refractivity contribution in [3.05, 3.63) is 108 Å². The lowest BCUT2D eigenvalue weighted by Gasteiger charge is -2.07. The van der Waals surface area contributed by atoms with Crippen LogP contribution in [-0.4, -0.2) is 22.6 Å². The van der Waals surface area contributed by atoms with Gasteiger partial charge in [0.15, 0.2) is 0 Å². The molecule has 0 fully saturated rings. The molecule has 0 bridgehead atoms. The molecule has 32 heavy (non-hydrogen) atoms. The average molecular weight is 457 g/mol. The van der Waals surface area contributed by atoms with Crippen LogP contribution in [0.2, 0.25) is 0 Å². The van der Waals surface area contributed by atoms with Gasteiger partial charge in [-0.05, 0) is 59.7 Å². The standard InChI is InChI=1S/C26H20N2O2S2/c29-21-9-5-7-19(15-21)17-27-23-11-1-3-13-25(23)31-32-26-14-4-2-12-24(26)28-18-20-8-6-10-22(30)16-20/h1-18,29-30H. The Kier molecular flexibility index (Phi) is 7.27. The van der Waals surface area contributed by atoms with Gasteiger partial charge in [-0.25, -0.2) is 0 Å². The first-order chi connectivity index (χ1) is 15.7. The number of hydrogen-bond acceptors (Lipinski definition) is 6. The predicted molar refractivity (Wildman–Crippen MR) is 135 cm³/mol. The second-order valence-electron chi connectivity index (χ2n) is 6.81. The van der Waals surface area contributed by atoms with Gasteiger partial charge < -0.3 is 10.2 Å². The molecular formula is C26H20N2O2S2. The van der Waals surface area contributed by atoms with E-state index in [1.165, 1.54) is 0 Å². The SMILES string of the molecule is Oc1cccc(C=Nc2ccccc2SSc2ccccc2N=Cc2cccc(O)c2)c1. The van der Waals surface area contributed by atoms with E-state index in [2.05, 4.69) is 9.98 Å². The summed E-state index contributed by atoms with van der Waals surface area (Å²) in [6.45, 7) is 0. The van der Waals surface area contributed by atoms with Crippen LogP contribution in [-0.2, 0) is 0 Å². The normalized spacial score (nSPS) is 11.4. The third kappa shape index (κ3) is 6.03. The summed E-state index contributed by atoms with van der Waals surface area (Å²) in [7, 11) is 3.23. The van der Waals surface area contributed by atoms with Gasteiger partial charge in [-0.3, -0.25) is 9.98 Å². The number of phenolic OH excluding ortho intramolecular Hbond substituents is 2. The average Bonchev–Trinajstić information content (AvgIpc) is 2.81. The quantitative estimate of drug-likeness (QED) is 0.225. The summed E-state index contributed by atoms with van der Waals surface area (Å²) in [5.41, 5.74) is 3.39. The zero-order valence-corrected chi connectivity index (χ0v) is 18.6. The molecule has 0 aliphatic rings. The summed E-state index contributed by atoms with van der Waals surface area (Å²) >= 11 is 0. The van der Waals surface area contributed by atoms with Crippen molar-refractivity contribution < 1.29 is 10.2 Å².